The molecule has 7 aromatic carbocycles. The van der Waals surface area contributed by atoms with Gasteiger partial charge in [0.15, 0.2) is 40.5 Å². The SMILES string of the molecule is c1ccc(-c2nc(-c3ccc(-c4ccc5c(c4)Oc4cc6c(cc4O5)C(c4ccccc4)(c4ccccc4)c4ccccc4-6)cc3)nc(-c3ccccn3)n2)cc1. The van der Waals surface area contributed by atoms with Crippen molar-refractivity contribution in [2.45, 2.75) is 5.41 Å². The van der Waals surface area contributed by atoms with E-state index in [4.69, 9.17) is 24.4 Å². The first-order chi connectivity index (χ1) is 28.2. The van der Waals surface area contributed by atoms with Crippen molar-refractivity contribution in [3.8, 4) is 79.5 Å². The van der Waals surface area contributed by atoms with E-state index in [2.05, 4.69) is 120 Å². The van der Waals surface area contributed by atoms with Crippen molar-refractivity contribution in [2.24, 2.45) is 0 Å². The van der Waals surface area contributed by atoms with E-state index >= 15 is 0 Å². The predicted octanol–water partition coefficient (Wildman–Crippen LogP) is 12.2. The van der Waals surface area contributed by atoms with Gasteiger partial charge in [0.05, 0.1) is 5.41 Å². The monoisotopic (exact) mass is 732 g/mol. The number of benzene rings is 7. The number of ether oxygens (including phenoxy) is 2. The highest BCUT2D eigenvalue weighted by atomic mass is 16.6. The van der Waals surface area contributed by atoms with Crippen molar-refractivity contribution in [1.29, 1.82) is 0 Å². The Kier molecular flexibility index (Phi) is 7.60. The number of hydrogen-bond donors (Lipinski definition) is 0. The first kappa shape index (κ1) is 32.7. The molecule has 0 fully saturated rings. The summed E-state index contributed by atoms with van der Waals surface area (Å²) >= 11 is 0. The molecule has 0 spiro atoms. The molecule has 0 saturated heterocycles. The van der Waals surface area contributed by atoms with Crippen LogP contribution in [0.25, 0.3) is 56.5 Å². The van der Waals surface area contributed by atoms with Gasteiger partial charge in [-0.1, -0.05) is 152 Å². The van der Waals surface area contributed by atoms with Crippen molar-refractivity contribution in [1.82, 2.24) is 19.9 Å². The molecule has 11 rings (SSSR count). The van der Waals surface area contributed by atoms with Crippen LogP contribution in [0.1, 0.15) is 22.3 Å². The summed E-state index contributed by atoms with van der Waals surface area (Å²) in [6.07, 6.45) is 1.75. The molecule has 1 aliphatic carbocycles. The molecule has 6 heteroatoms. The van der Waals surface area contributed by atoms with E-state index in [0.29, 0.717) is 46.2 Å². The van der Waals surface area contributed by atoms with Gasteiger partial charge in [0.1, 0.15) is 5.69 Å². The number of aromatic nitrogens is 4. The Labute approximate surface area is 329 Å². The van der Waals surface area contributed by atoms with Crippen molar-refractivity contribution >= 4 is 0 Å². The highest BCUT2D eigenvalue weighted by molar-refractivity contribution is 5.88. The maximum atomic E-state index is 6.71. The lowest BCUT2D eigenvalue weighted by Crippen LogP contribution is -2.28. The topological polar surface area (TPSA) is 70.0 Å². The summed E-state index contributed by atoms with van der Waals surface area (Å²) in [6, 6.07) is 64.6. The molecule has 0 bridgehead atoms. The first-order valence-electron chi connectivity index (χ1n) is 19.0. The van der Waals surface area contributed by atoms with E-state index in [9.17, 15) is 0 Å². The van der Waals surface area contributed by atoms with Crippen LogP contribution in [0.5, 0.6) is 23.0 Å². The lowest BCUT2D eigenvalue weighted by Gasteiger charge is -2.34. The summed E-state index contributed by atoms with van der Waals surface area (Å²) in [5.74, 6) is 4.41. The van der Waals surface area contributed by atoms with E-state index < -0.39 is 5.41 Å². The number of nitrogens with zero attached hydrogens (tertiary/aromatic N) is 4. The van der Waals surface area contributed by atoms with Gasteiger partial charge in [-0.05, 0) is 80.9 Å². The Hall–Kier alpha value is -7.70. The number of hydrogen-bond acceptors (Lipinski definition) is 6. The van der Waals surface area contributed by atoms with Crippen LogP contribution >= 0.6 is 0 Å². The molecule has 0 unspecified atom stereocenters. The smallest absolute Gasteiger partial charge is 0.182 e. The van der Waals surface area contributed by atoms with Crippen LogP contribution in [0.15, 0.2) is 194 Å². The maximum absolute atomic E-state index is 6.71. The Morgan fingerprint density at radius 1 is 0.351 bits per heavy atom. The summed E-state index contributed by atoms with van der Waals surface area (Å²) in [7, 11) is 0. The second kappa shape index (κ2) is 13.3. The molecule has 0 atom stereocenters. The summed E-state index contributed by atoms with van der Waals surface area (Å²) < 4.78 is 13.4. The molecule has 1 aliphatic heterocycles. The van der Waals surface area contributed by atoms with Crippen LogP contribution in [-0.2, 0) is 5.41 Å². The van der Waals surface area contributed by atoms with Crippen molar-refractivity contribution < 1.29 is 9.47 Å². The third-order valence-electron chi connectivity index (χ3n) is 10.9. The van der Waals surface area contributed by atoms with Crippen LogP contribution < -0.4 is 9.47 Å². The second-order valence-corrected chi connectivity index (χ2v) is 14.2. The second-order valence-electron chi connectivity index (χ2n) is 14.2. The van der Waals surface area contributed by atoms with E-state index in [1.54, 1.807) is 6.20 Å². The maximum Gasteiger partial charge on any atom is 0.182 e. The third-order valence-corrected chi connectivity index (χ3v) is 10.9. The first-order valence-corrected chi connectivity index (χ1v) is 19.0. The fraction of sp³-hybridized carbons (Fsp3) is 0.0196. The minimum absolute atomic E-state index is 0.520. The standard InChI is InChI=1S/C51H32N4O2/c1-4-14-34(15-5-1)48-53-49(55-50(54-48)43-22-12-13-29-52-43)35-25-23-33(24-26-35)36-27-28-44-45(30-36)57-46-31-40-39-20-10-11-21-41(39)51(37-16-6-2-7-17-37,38-18-8-3-9-19-38)42(40)32-47(46)56-44/h1-32H. The minimum Gasteiger partial charge on any atom is -0.450 e. The van der Waals surface area contributed by atoms with Crippen LogP contribution in [0, 0.1) is 0 Å². The summed E-state index contributed by atoms with van der Waals surface area (Å²) in [5.41, 5.74) is 11.1. The zero-order valence-electron chi connectivity index (χ0n) is 30.6. The van der Waals surface area contributed by atoms with Gasteiger partial charge in [-0.2, -0.15) is 0 Å². The Balaban J connectivity index is 0.948. The summed E-state index contributed by atoms with van der Waals surface area (Å²) in [4.78, 5) is 19.0. The summed E-state index contributed by atoms with van der Waals surface area (Å²) in [6.45, 7) is 0. The average molecular weight is 733 g/mol. The van der Waals surface area contributed by atoms with Gasteiger partial charge >= 0.3 is 0 Å². The highest BCUT2D eigenvalue weighted by Gasteiger charge is 2.47. The number of fused-ring (bicyclic) bond motifs is 5. The zero-order valence-corrected chi connectivity index (χ0v) is 30.6. The van der Waals surface area contributed by atoms with Crippen LogP contribution in [0.2, 0.25) is 0 Å². The summed E-state index contributed by atoms with van der Waals surface area (Å²) in [5, 5.41) is 0. The van der Waals surface area contributed by atoms with Crippen LogP contribution in [0.3, 0.4) is 0 Å². The van der Waals surface area contributed by atoms with Crippen molar-refractivity contribution in [3.05, 3.63) is 217 Å². The van der Waals surface area contributed by atoms with Gasteiger partial charge in [-0.25, -0.2) is 15.0 Å². The molecule has 9 aromatic rings. The van der Waals surface area contributed by atoms with Crippen molar-refractivity contribution in [3.63, 3.8) is 0 Å². The van der Waals surface area contributed by atoms with E-state index in [1.165, 1.54) is 27.8 Å². The van der Waals surface area contributed by atoms with E-state index in [1.807, 2.05) is 72.8 Å². The van der Waals surface area contributed by atoms with Crippen LogP contribution in [-0.4, -0.2) is 19.9 Å². The van der Waals surface area contributed by atoms with E-state index in [-0.39, 0.29) is 0 Å². The number of rotatable bonds is 6. The Morgan fingerprint density at radius 3 is 1.60 bits per heavy atom. The molecule has 2 aliphatic rings. The average Bonchev–Trinajstić information content (AvgIpc) is 3.58. The van der Waals surface area contributed by atoms with Crippen LogP contribution in [0.4, 0.5) is 0 Å². The predicted molar refractivity (Wildman–Crippen MR) is 223 cm³/mol. The van der Waals surface area contributed by atoms with Gasteiger partial charge in [0.2, 0.25) is 0 Å². The molecular formula is C51H32N4O2. The van der Waals surface area contributed by atoms with Gasteiger partial charge in [0.25, 0.3) is 0 Å². The van der Waals surface area contributed by atoms with Gasteiger partial charge in [-0.3, -0.25) is 4.98 Å². The molecule has 268 valence electrons. The molecule has 57 heavy (non-hydrogen) atoms. The van der Waals surface area contributed by atoms with Gasteiger partial charge < -0.3 is 9.47 Å². The Bertz CT molecular complexity index is 2840. The normalized spacial score (nSPS) is 13.0. The van der Waals surface area contributed by atoms with Crippen molar-refractivity contribution in [2.75, 3.05) is 0 Å². The third kappa shape index (κ3) is 5.41. The molecule has 0 amide bonds. The molecule has 0 N–H and O–H groups in total. The quantitative estimate of drug-likeness (QED) is 0.169. The fourth-order valence-electron chi connectivity index (χ4n) is 8.34. The number of pyridine rings is 1. The molecule has 2 aromatic heterocycles. The minimum atomic E-state index is -0.520. The Morgan fingerprint density at radius 2 is 0.895 bits per heavy atom. The largest absolute Gasteiger partial charge is 0.450 e. The van der Waals surface area contributed by atoms with E-state index in [0.717, 1.165) is 27.8 Å². The molecule has 6 nitrogen and oxygen atoms in total. The lowest BCUT2D eigenvalue weighted by atomic mass is 9.67. The molecule has 3 heterocycles. The fourth-order valence-corrected chi connectivity index (χ4v) is 8.34. The van der Waals surface area contributed by atoms with Gasteiger partial charge in [0, 0.05) is 17.3 Å². The molecule has 0 radical (unpaired) electrons. The zero-order chi connectivity index (χ0) is 37.8. The lowest BCUT2D eigenvalue weighted by molar-refractivity contribution is 0.359. The molecule has 0 saturated carbocycles. The molecular weight excluding hydrogens is 701 g/mol. The van der Waals surface area contributed by atoms with Gasteiger partial charge in [-0.15, -0.1) is 0 Å². The highest BCUT2D eigenvalue weighted by Crippen LogP contribution is 2.59.